The standard InChI is InChI=1S/C12H24N2O/c1-11-4-2-3-6-14(11)9-12(8-13)5-7-15-10-12/h11H,2-10,13H2,1H3. The van der Waals surface area contributed by atoms with Crippen LogP contribution in [0.1, 0.15) is 32.6 Å². The first-order chi connectivity index (χ1) is 7.26. The minimum absolute atomic E-state index is 0.256. The highest BCUT2D eigenvalue weighted by Gasteiger charge is 2.36. The van der Waals surface area contributed by atoms with Gasteiger partial charge in [0.1, 0.15) is 0 Å². The van der Waals surface area contributed by atoms with Crippen LogP contribution in [0.2, 0.25) is 0 Å². The summed E-state index contributed by atoms with van der Waals surface area (Å²) in [6.45, 7) is 7.29. The van der Waals surface area contributed by atoms with Crippen molar-refractivity contribution in [3.05, 3.63) is 0 Å². The van der Waals surface area contributed by atoms with Crippen LogP contribution in [0.5, 0.6) is 0 Å². The summed E-state index contributed by atoms with van der Waals surface area (Å²) in [7, 11) is 0. The van der Waals surface area contributed by atoms with Crippen LogP contribution in [-0.4, -0.2) is 43.8 Å². The molecule has 0 aromatic heterocycles. The summed E-state index contributed by atoms with van der Waals surface area (Å²) in [5.41, 5.74) is 6.18. The largest absolute Gasteiger partial charge is 0.381 e. The third-order valence-electron chi connectivity index (χ3n) is 4.10. The highest BCUT2D eigenvalue weighted by Crippen LogP contribution is 2.30. The second kappa shape index (κ2) is 4.81. The first-order valence-corrected chi connectivity index (χ1v) is 6.28. The smallest absolute Gasteiger partial charge is 0.0547 e. The molecule has 2 saturated heterocycles. The van der Waals surface area contributed by atoms with E-state index in [1.165, 1.54) is 25.8 Å². The Balaban J connectivity index is 1.93. The van der Waals surface area contributed by atoms with Gasteiger partial charge in [-0.05, 0) is 32.7 Å². The molecule has 0 amide bonds. The fourth-order valence-electron chi connectivity index (χ4n) is 2.82. The van der Waals surface area contributed by atoms with Gasteiger partial charge in [-0.25, -0.2) is 0 Å². The molecule has 15 heavy (non-hydrogen) atoms. The maximum Gasteiger partial charge on any atom is 0.0547 e. The van der Waals surface area contributed by atoms with Crippen molar-refractivity contribution in [2.75, 3.05) is 32.8 Å². The average Bonchev–Trinajstić information content (AvgIpc) is 2.71. The Bertz CT molecular complexity index is 202. The highest BCUT2D eigenvalue weighted by atomic mass is 16.5. The summed E-state index contributed by atoms with van der Waals surface area (Å²) in [4.78, 5) is 2.62. The maximum atomic E-state index is 5.92. The highest BCUT2D eigenvalue weighted by molar-refractivity contribution is 4.89. The van der Waals surface area contributed by atoms with Gasteiger partial charge in [0.2, 0.25) is 0 Å². The number of hydrogen-bond acceptors (Lipinski definition) is 3. The van der Waals surface area contributed by atoms with Gasteiger partial charge in [0.15, 0.2) is 0 Å². The van der Waals surface area contributed by atoms with E-state index in [1.54, 1.807) is 0 Å². The molecular formula is C12H24N2O. The van der Waals surface area contributed by atoms with Crippen LogP contribution >= 0.6 is 0 Å². The molecular weight excluding hydrogens is 188 g/mol. The quantitative estimate of drug-likeness (QED) is 0.764. The fraction of sp³-hybridized carbons (Fsp3) is 1.00. The molecule has 0 aromatic carbocycles. The van der Waals surface area contributed by atoms with Gasteiger partial charge in [0, 0.05) is 31.2 Å². The lowest BCUT2D eigenvalue weighted by molar-refractivity contribution is 0.0766. The summed E-state index contributed by atoms with van der Waals surface area (Å²) >= 11 is 0. The Hall–Kier alpha value is -0.120. The van der Waals surface area contributed by atoms with E-state index in [-0.39, 0.29) is 5.41 Å². The molecule has 0 radical (unpaired) electrons. The van der Waals surface area contributed by atoms with Gasteiger partial charge in [-0.3, -0.25) is 4.90 Å². The predicted molar refractivity (Wildman–Crippen MR) is 61.8 cm³/mol. The third kappa shape index (κ3) is 2.52. The van der Waals surface area contributed by atoms with E-state index in [9.17, 15) is 0 Å². The van der Waals surface area contributed by atoms with Crippen molar-refractivity contribution in [1.82, 2.24) is 4.90 Å². The Labute approximate surface area is 93.0 Å². The summed E-state index contributed by atoms with van der Waals surface area (Å²) in [6.07, 6.45) is 5.24. The van der Waals surface area contributed by atoms with Crippen molar-refractivity contribution in [1.29, 1.82) is 0 Å². The molecule has 0 spiro atoms. The van der Waals surface area contributed by atoms with Crippen LogP contribution in [0, 0.1) is 5.41 Å². The van der Waals surface area contributed by atoms with E-state index in [4.69, 9.17) is 10.5 Å². The number of hydrogen-bond donors (Lipinski definition) is 1. The molecule has 2 rings (SSSR count). The number of nitrogens with two attached hydrogens (primary N) is 1. The molecule has 2 aliphatic heterocycles. The van der Waals surface area contributed by atoms with Crippen LogP contribution in [0.3, 0.4) is 0 Å². The number of nitrogens with zero attached hydrogens (tertiary/aromatic N) is 1. The Morgan fingerprint density at radius 2 is 2.33 bits per heavy atom. The summed E-state index contributed by atoms with van der Waals surface area (Å²) < 4.78 is 5.52. The molecule has 3 heteroatoms. The summed E-state index contributed by atoms with van der Waals surface area (Å²) in [5.74, 6) is 0. The lowest BCUT2D eigenvalue weighted by Gasteiger charge is -2.39. The molecule has 2 atom stereocenters. The van der Waals surface area contributed by atoms with E-state index in [0.717, 1.165) is 38.8 Å². The molecule has 0 saturated carbocycles. The van der Waals surface area contributed by atoms with E-state index >= 15 is 0 Å². The second-order valence-corrected chi connectivity index (χ2v) is 5.32. The first kappa shape index (κ1) is 11.4. The molecule has 2 aliphatic rings. The van der Waals surface area contributed by atoms with E-state index in [2.05, 4.69) is 11.8 Å². The Morgan fingerprint density at radius 3 is 2.93 bits per heavy atom. The fourth-order valence-corrected chi connectivity index (χ4v) is 2.82. The monoisotopic (exact) mass is 212 g/mol. The lowest BCUT2D eigenvalue weighted by atomic mass is 9.85. The molecule has 2 unspecified atom stereocenters. The SMILES string of the molecule is CC1CCCCN1CC1(CN)CCOC1. The normalized spacial score (nSPS) is 38.4. The van der Waals surface area contributed by atoms with Gasteiger partial charge in [0.25, 0.3) is 0 Å². The van der Waals surface area contributed by atoms with Crippen molar-refractivity contribution in [3.63, 3.8) is 0 Å². The number of ether oxygens (including phenoxy) is 1. The van der Waals surface area contributed by atoms with Crippen molar-refractivity contribution in [3.8, 4) is 0 Å². The van der Waals surface area contributed by atoms with Crippen LogP contribution < -0.4 is 5.73 Å². The third-order valence-corrected chi connectivity index (χ3v) is 4.10. The minimum atomic E-state index is 0.256. The van der Waals surface area contributed by atoms with Crippen LogP contribution in [0.25, 0.3) is 0 Å². The van der Waals surface area contributed by atoms with Crippen molar-refractivity contribution < 1.29 is 4.74 Å². The van der Waals surface area contributed by atoms with Crippen molar-refractivity contribution in [2.45, 2.75) is 38.6 Å². The van der Waals surface area contributed by atoms with Gasteiger partial charge in [0.05, 0.1) is 6.61 Å². The van der Waals surface area contributed by atoms with Crippen LogP contribution in [0.4, 0.5) is 0 Å². The van der Waals surface area contributed by atoms with Gasteiger partial charge >= 0.3 is 0 Å². The molecule has 0 aliphatic carbocycles. The molecule has 2 fully saturated rings. The van der Waals surface area contributed by atoms with Crippen molar-refractivity contribution in [2.24, 2.45) is 11.1 Å². The van der Waals surface area contributed by atoms with Crippen LogP contribution in [-0.2, 0) is 4.74 Å². The Kier molecular flexibility index (Phi) is 3.65. The number of likely N-dealkylation sites (tertiary alicyclic amines) is 1. The van der Waals surface area contributed by atoms with E-state index in [1.807, 2.05) is 0 Å². The predicted octanol–water partition coefficient (Wildman–Crippen LogP) is 1.23. The number of rotatable bonds is 3. The zero-order chi connectivity index (χ0) is 10.7. The van der Waals surface area contributed by atoms with E-state index in [0.29, 0.717) is 0 Å². The number of piperidine rings is 1. The summed E-state index contributed by atoms with van der Waals surface area (Å²) in [6, 6.07) is 0.739. The van der Waals surface area contributed by atoms with Gasteiger partial charge in [-0.15, -0.1) is 0 Å². The zero-order valence-electron chi connectivity index (χ0n) is 9.87. The lowest BCUT2D eigenvalue weighted by Crippen LogP contribution is -2.48. The molecule has 0 aromatic rings. The topological polar surface area (TPSA) is 38.5 Å². The van der Waals surface area contributed by atoms with Gasteiger partial charge < -0.3 is 10.5 Å². The van der Waals surface area contributed by atoms with Gasteiger partial charge in [-0.1, -0.05) is 6.42 Å². The Morgan fingerprint density at radius 1 is 1.47 bits per heavy atom. The first-order valence-electron chi connectivity index (χ1n) is 6.28. The van der Waals surface area contributed by atoms with E-state index < -0.39 is 0 Å². The second-order valence-electron chi connectivity index (χ2n) is 5.32. The molecule has 3 nitrogen and oxygen atoms in total. The molecule has 88 valence electrons. The van der Waals surface area contributed by atoms with Crippen molar-refractivity contribution >= 4 is 0 Å². The zero-order valence-corrected chi connectivity index (χ0v) is 9.87. The maximum absolute atomic E-state index is 5.92. The molecule has 2 heterocycles. The minimum Gasteiger partial charge on any atom is -0.381 e. The van der Waals surface area contributed by atoms with Crippen LogP contribution in [0.15, 0.2) is 0 Å². The molecule has 2 N–H and O–H groups in total. The molecule has 0 bridgehead atoms. The summed E-state index contributed by atoms with van der Waals surface area (Å²) in [5, 5.41) is 0. The average molecular weight is 212 g/mol. The van der Waals surface area contributed by atoms with Gasteiger partial charge in [-0.2, -0.15) is 0 Å².